The zero-order chi connectivity index (χ0) is 16.9. The monoisotopic (exact) mass is 334 g/mol. The zero-order valence-corrected chi connectivity index (χ0v) is 14.3. The van der Waals surface area contributed by atoms with Gasteiger partial charge in [-0.15, -0.1) is 0 Å². The second kappa shape index (κ2) is 8.08. The summed E-state index contributed by atoms with van der Waals surface area (Å²) < 4.78 is 19.1. The van der Waals surface area contributed by atoms with Gasteiger partial charge in [0.2, 0.25) is 5.91 Å². The van der Waals surface area contributed by atoms with E-state index in [1.54, 1.807) is 6.07 Å². The number of rotatable bonds is 6. The van der Waals surface area contributed by atoms with Crippen molar-refractivity contribution in [2.75, 3.05) is 26.2 Å². The molecule has 5 heteroatoms. The summed E-state index contributed by atoms with van der Waals surface area (Å²) >= 11 is 0. The van der Waals surface area contributed by atoms with Gasteiger partial charge in [0.1, 0.15) is 5.82 Å². The Labute approximate surface area is 143 Å². The van der Waals surface area contributed by atoms with Crippen molar-refractivity contribution in [3.8, 4) is 0 Å². The first-order valence-corrected chi connectivity index (χ1v) is 8.97. The number of benzene rings is 1. The molecule has 0 saturated carbocycles. The van der Waals surface area contributed by atoms with E-state index < -0.39 is 0 Å². The first kappa shape index (κ1) is 17.4. The van der Waals surface area contributed by atoms with E-state index in [4.69, 9.17) is 4.74 Å². The van der Waals surface area contributed by atoms with Crippen LogP contribution in [0.3, 0.4) is 0 Å². The maximum absolute atomic E-state index is 13.2. The molecule has 4 nitrogen and oxygen atoms in total. The van der Waals surface area contributed by atoms with Crippen LogP contribution >= 0.6 is 0 Å². The zero-order valence-electron chi connectivity index (χ0n) is 14.3. The number of nitrogens with one attached hydrogen (secondary N) is 1. The standard InChI is InChI=1S/C19H27FN2O2/c1-14(8-15-4-2-5-16(20)10-15)9-19(23)21-11-18-12-22-7-3-6-17(22)13-24-18/h2,4-5,10,14,17-18H,3,6-9,11-13H2,1H3,(H,21,23)/t14-,17-,18-/m0/s1. The van der Waals surface area contributed by atoms with Crippen molar-refractivity contribution in [1.29, 1.82) is 0 Å². The van der Waals surface area contributed by atoms with Crippen molar-refractivity contribution in [1.82, 2.24) is 10.2 Å². The lowest BCUT2D eigenvalue weighted by Crippen LogP contribution is -2.50. The topological polar surface area (TPSA) is 41.6 Å². The van der Waals surface area contributed by atoms with Crippen LogP contribution in [0.4, 0.5) is 4.39 Å². The maximum atomic E-state index is 13.2. The molecule has 2 saturated heterocycles. The second-order valence-corrected chi connectivity index (χ2v) is 7.19. The van der Waals surface area contributed by atoms with E-state index >= 15 is 0 Å². The molecule has 2 aliphatic rings. The lowest BCUT2D eigenvalue weighted by Gasteiger charge is -2.35. The van der Waals surface area contributed by atoms with Gasteiger partial charge in [-0.3, -0.25) is 9.69 Å². The Morgan fingerprint density at radius 1 is 1.50 bits per heavy atom. The molecule has 132 valence electrons. The molecule has 0 aromatic heterocycles. The van der Waals surface area contributed by atoms with Crippen molar-refractivity contribution in [3.05, 3.63) is 35.6 Å². The number of fused-ring (bicyclic) bond motifs is 1. The summed E-state index contributed by atoms with van der Waals surface area (Å²) in [7, 11) is 0. The minimum Gasteiger partial charge on any atom is -0.373 e. The minimum absolute atomic E-state index is 0.0473. The smallest absolute Gasteiger partial charge is 0.220 e. The molecule has 24 heavy (non-hydrogen) atoms. The van der Waals surface area contributed by atoms with E-state index in [1.165, 1.54) is 25.0 Å². The molecule has 3 rings (SSSR count). The quantitative estimate of drug-likeness (QED) is 0.868. The average molecular weight is 334 g/mol. The summed E-state index contributed by atoms with van der Waals surface area (Å²) in [5, 5.41) is 3.00. The van der Waals surface area contributed by atoms with Crippen LogP contribution in [-0.4, -0.2) is 49.2 Å². The van der Waals surface area contributed by atoms with E-state index in [0.29, 0.717) is 25.4 Å². The van der Waals surface area contributed by atoms with Gasteiger partial charge in [0.05, 0.1) is 12.7 Å². The molecule has 3 atom stereocenters. The molecule has 1 N–H and O–H groups in total. The number of hydrogen-bond acceptors (Lipinski definition) is 3. The Morgan fingerprint density at radius 3 is 3.21 bits per heavy atom. The summed E-state index contributed by atoms with van der Waals surface area (Å²) in [4.78, 5) is 14.6. The van der Waals surface area contributed by atoms with Crippen molar-refractivity contribution in [2.24, 2.45) is 5.92 Å². The van der Waals surface area contributed by atoms with E-state index in [-0.39, 0.29) is 23.7 Å². The highest BCUT2D eigenvalue weighted by Gasteiger charge is 2.32. The van der Waals surface area contributed by atoms with Crippen molar-refractivity contribution in [2.45, 2.75) is 44.8 Å². The average Bonchev–Trinajstić information content (AvgIpc) is 3.00. The predicted octanol–water partition coefficient (Wildman–Crippen LogP) is 2.37. The van der Waals surface area contributed by atoms with Gasteiger partial charge in [-0.05, 0) is 49.4 Å². The number of morpholine rings is 1. The summed E-state index contributed by atoms with van der Waals surface area (Å²) in [5.41, 5.74) is 0.936. The SMILES string of the molecule is C[C@H](CC(=O)NC[C@H]1CN2CCC[C@H]2CO1)Cc1cccc(F)c1. The molecule has 0 radical (unpaired) electrons. The summed E-state index contributed by atoms with van der Waals surface area (Å²) in [6.07, 6.45) is 3.75. The number of carbonyl (C=O) groups excluding carboxylic acids is 1. The van der Waals surface area contributed by atoms with E-state index in [9.17, 15) is 9.18 Å². The maximum Gasteiger partial charge on any atom is 0.220 e. The van der Waals surface area contributed by atoms with Gasteiger partial charge in [0, 0.05) is 25.6 Å². The number of hydrogen-bond donors (Lipinski definition) is 1. The van der Waals surface area contributed by atoms with E-state index in [0.717, 1.165) is 25.3 Å². The number of amides is 1. The predicted molar refractivity (Wildman–Crippen MR) is 91.2 cm³/mol. The number of nitrogens with zero attached hydrogens (tertiary/aromatic N) is 1. The van der Waals surface area contributed by atoms with Gasteiger partial charge in [0.25, 0.3) is 0 Å². The molecule has 2 aliphatic heterocycles. The summed E-state index contributed by atoms with van der Waals surface area (Å²) in [5.74, 6) is 0.00639. The van der Waals surface area contributed by atoms with Crippen LogP contribution in [-0.2, 0) is 16.0 Å². The Hall–Kier alpha value is -1.46. The molecule has 0 unspecified atom stereocenters. The molecule has 0 spiro atoms. The first-order chi connectivity index (χ1) is 11.6. The third-order valence-corrected chi connectivity index (χ3v) is 5.00. The van der Waals surface area contributed by atoms with Crippen LogP contribution < -0.4 is 5.32 Å². The lowest BCUT2D eigenvalue weighted by molar-refractivity contribution is -0.123. The molecule has 1 aromatic carbocycles. The third kappa shape index (κ3) is 4.77. The van der Waals surface area contributed by atoms with Crippen molar-refractivity contribution < 1.29 is 13.9 Å². The lowest BCUT2D eigenvalue weighted by atomic mass is 9.97. The number of ether oxygens (including phenoxy) is 1. The largest absolute Gasteiger partial charge is 0.373 e. The fourth-order valence-electron chi connectivity index (χ4n) is 3.76. The first-order valence-electron chi connectivity index (χ1n) is 8.97. The fraction of sp³-hybridized carbons (Fsp3) is 0.632. The molecule has 2 heterocycles. The summed E-state index contributed by atoms with van der Waals surface area (Å²) in [6.45, 7) is 5.47. The van der Waals surface area contributed by atoms with Crippen LogP contribution in [0.15, 0.2) is 24.3 Å². The van der Waals surface area contributed by atoms with Crippen LogP contribution in [0.5, 0.6) is 0 Å². The van der Waals surface area contributed by atoms with Crippen molar-refractivity contribution >= 4 is 5.91 Å². The van der Waals surface area contributed by atoms with Crippen LogP contribution in [0.25, 0.3) is 0 Å². The highest BCUT2D eigenvalue weighted by atomic mass is 19.1. The molecule has 0 aliphatic carbocycles. The normalized spacial score (nSPS) is 25.2. The molecular weight excluding hydrogens is 307 g/mol. The van der Waals surface area contributed by atoms with Crippen LogP contribution in [0, 0.1) is 11.7 Å². The molecule has 1 aromatic rings. The Kier molecular flexibility index (Phi) is 5.85. The summed E-state index contributed by atoms with van der Waals surface area (Å²) in [6, 6.07) is 7.18. The Balaban J connectivity index is 1.37. The van der Waals surface area contributed by atoms with Gasteiger partial charge in [-0.1, -0.05) is 19.1 Å². The number of halogens is 1. The molecule has 0 bridgehead atoms. The molecule has 2 fully saturated rings. The van der Waals surface area contributed by atoms with Crippen LogP contribution in [0.1, 0.15) is 31.7 Å². The third-order valence-electron chi connectivity index (χ3n) is 5.00. The highest BCUT2D eigenvalue weighted by Crippen LogP contribution is 2.22. The minimum atomic E-state index is -0.223. The van der Waals surface area contributed by atoms with E-state index in [2.05, 4.69) is 10.2 Å². The Bertz CT molecular complexity index is 566. The van der Waals surface area contributed by atoms with Crippen LogP contribution in [0.2, 0.25) is 0 Å². The van der Waals surface area contributed by atoms with E-state index in [1.807, 2.05) is 13.0 Å². The second-order valence-electron chi connectivity index (χ2n) is 7.19. The molecule has 1 amide bonds. The van der Waals surface area contributed by atoms with Gasteiger partial charge >= 0.3 is 0 Å². The van der Waals surface area contributed by atoms with Gasteiger partial charge in [0.15, 0.2) is 0 Å². The van der Waals surface area contributed by atoms with Gasteiger partial charge in [-0.2, -0.15) is 0 Å². The highest BCUT2D eigenvalue weighted by molar-refractivity contribution is 5.76. The fourth-order valence-corrected chi connectivity index (χ4v) is 3.76. The van der Waals surface area contributed by atoms with Crippen molar-refractivity contribution in [3.63, 3.8) is 0 Å². The Morgan fingerprint density at radius 2 is 2.38 bits per heavy atom. The van der Waals surface area contributed by atoms with Gasteiger partial charge < -0.3 is 10.1 Å². The molecular formula is C19H27FN2O2. The van der Waals surface area contributed by atoms with Gasteiger partial charge in [-0.25, -0.2) is 4.39 Å². The number of carbonyl (C=O) groups is 1.